The summed E-state index contributed by atoms with van der Waals surface area (Å²) < 4.78 is 52.5. The molecule has 23 nitrogen and oxygen atoms in total. The minimum absolute atomic E-state index is 0.00126. The standard InChI is InChI=1S/C57H63N3O20/c1-3-45(61)73-31-33-75-49(65)25-23-47(63)71-29-27-35-5-17-41(18-6-35)77-53(67)37-9-13-39(14-10-37)55(69)79-43-21-22-44(52-51(43)59-57(58)60-52)80-56(70)40-15-11-38(12-16-40)54(68)78-42-19-7-36(8-20-42)28-30-72-48(64)24-26-50(66)76-34-32-74-46(62)4-2/h3-8,17-22,37-40H,1-2,9-16,23-34H2,(H3,58,59,60). The molecule has 1 heterocycles. The van der Waals surface area contributed by atoms with E-state index in [1.54, 1.807) is 48.5 Å². The first-order valence-electron chi connectivity index (χ1n) is 26.1. The van der Waals surface area contributed by atoms with Crippen molar-refractivity contribution in [3.63, 3.8) is 0 Å². The van der Waals surface area contributed by atoms with Crippen molar-refractivity contribution in [2.75, 3.05) is 45.4 Å². The Morgan fingerprint density at radius 3 is 1.15 bits per heavy atom. The van der Waals surface area contributed by atoms with Gasteiger partial charge < -0.3 is 58.1 Å². The van der Waals surface area contributed by atoms with Gasteiger partial charge in [0.25, 0.3) is 0 Å². The molecule has 23 heteroatoms. The van der Waals surface area contributed by atoms with Crippen LogP contribution in [0.1, 0.15) is 88.2 Å². The van der Waals surface area contributed by atoms with Crippen LogP contribution in [0, 0.1) is 23.7 Å². The minimum atomic E-state index is -0.639. The summed E-state index contributed by atoms with van der Waals surface area (Å²) in [6.45, 7) is 6.11. The van der Waals surface area contributed by atoms with Gasteiger partial charge in [-0.15, -0.1) is 0 Å². The van der Waals surface area contributed by atoms with Gasteiger partial charge in [-0.1, -0.05) is 37.4 Å². The molecule has 4 aromatic rings. The number of hydrogen-bond donors (Lipinski definition) is 2. The van der Waals surface area contributed by atoms with E-state index in [2.05, 4.69) is 23.1 Å². The van der Waals surface area contributed by atoms with E-state index in [0.29, 0.717) is 75.7 Å². The van der Waals surface area contributed by atoms with Crippen LogP contribution in [0.15, 0.2) is 86.0 Å². The van der Waals surface area contributed by atoms with E-state index in [9.17, 15) is 47.9 Å². The number of anilines is 1. The Morgan fingerprint density at radius 1 is 0.450 bits per heavy atom. The Kier molecular flexibility index (Phi) is 23.3. The van der Waals surface area contributed by atoms with Gasteiger partial charge in [0.2, 0.25) is 0 Å². The lowest BCUT2D eigenvalue weighted by molar-refractivity contribution is -0.152. The number of fused-ring (bicyclic) bond motifs is 1. The zero-order valence-corrected chi connectivity index (χ0v) is 44.0. The highest BCUT2D eigenvalue weighted by molar-refractivity contribution is 5.93. The van der Waals surface area contributed by atoms with Gasteiger partial charge in [-0.05, 0) is 98.9 Å². The predicted molar refractivity (Wildman–Crippen MR) is 279 cm³/mol. The van der Waals surface area contributed by atoms with Crippen molar-refractivity contribution in [3.05, 3.63) is 97.1 Å². The first-order chi connectivity index (χ1) is 38.6. The van der Waals surface area contributed by atoms with Crippen molar-refractivity contribution in [1.82, 2.24) is 9.97 Å². The second-order valence-corrected chi connectivity index (χ2v) is 18.6. The van der Waals surface area contributed by atoms with E-state index >= 15 is 0 Å². The van der Waals surface area contributed by atoms with E-state index < -0.39 is 83.4 Å². The molecule has 6 rings (SSSR count). The fourth-order valence-electron chi connectivity index (χ4n) is 8.57. The molecule has 0 saturated heterocycles. The summed E-state index contributed by atoms with van der Waals surface area (Å²) in [7, 11) is 0. The Labute approximate surface area is 459 Å². The van der Waals surface area contributed by atoms with E-state index in [4.69, 9.17) is 53.1 Å². The van der Waals surface area contributed by atoms with Crippen LogP contribution in [-0.2, 0) is 89.2 Å². The van der Waals surface area contributed by atoms with Gasteiger partial charge in [0.05, 0.1) is 62.6 Å². The van der Waals surface area contributed by atoms with Gasteiger partial charge in [0.1, 0.15) is 49.0 Å². The summed E-state index contributed by atoms with van der Waals surface area (Å²) in [6.07, 6.45) is 5.04. The zero-order valence-electron chi connectivity index (χ0n) is 44.0. The fourth-order valence-corrected chi connectivity index (χ4v) is 8.57. The van der Waals surface area contributed by atoms with Crippen molar-refractivity contribution in [2.24, 2.45) is 23.7 Å². The maximum Gasteiger partial charge on any atom is 0.330 e. The molecule has 2 aliphatic carbocycles. The molecule has 0 aliphatic heterocycles. The highest BCUT2D eigenvalue weighted by Crippen LogP contribution is 2.37. The molecule has 1 aromatic heterocycles. The number of nitrogens with one attached hydrogen (secondary N) is 1. The summed E-state index contributed by atoms with van der Waals surface area (Å²) >= 11 is 0. The van der Waals surface area contributed by atoms with Gasteiger partial charge in [-0.2, -0.15) is 0 Å². The molecule has 0 unspecified atom stereocenters. The maximum absolute atomic E-state index is 13.4. The third-order valence-electron chi connectivity index (χ3n) is 13.0. The second-order valence-electron chi connectivity index (χ2n) is 18.6. The fraction of sp³-hybridized carbons (Fsp3) is 0.421. The molecule has 2 aliphatic rings. The van der Waals surface area contributed by atoms with Crippen LogP contribution >= 0.6 is 0 Å². The number of esters is 10. The zero-order chi connectivity index (χ0) is 57.4. The molecule has 0 bridgehead atoms. The highest BCUT2D eigenvalue weighted by atomic mass is 16.6. The molecular weight excluding hydrogens is 1050 g/mol. The monoisotopic (exact) mass is 1110 g/mol. The number of nitrogen functional groups attached to an aromatic ring is 1. The van der Waals surface area contributed by atoms with Crippen LogP contribution in [0.5, 0.6) is 23.0 Å². The van der Waals surface area contributed by atoms with Gasteiger partial charge in [0.15, 0.2) is 17.4 Å². The Bertz CT molecular complexity index is 2670. The van der Waals surface area contributed by atoms with Gasteiger partial charge in [-0.3, -0.25) is 38.4 Å². The van der Waals surface area contributed by atoms with Gasteiger partial charge >= 0.3 is 59.7 Å². The number of aromatic amines is 1. The number of benzene rings is 3. The Morgan fingerprint density at radius 2 is 0.775 bits per heavy atom. The lowest BCUT2D eigenvalue weighted by Crippen LogP contribution is -2.30. The molecule has 2 saturated carbocycles. The van der Waals surface area contributed by atoms with Crippen molar-refractivity contribution >= 4 is 76.7 Å². The topological polar surface area (TPSA) is 318 Å². The van der Waals surface area contributed by atoms with Crippen molar-refractivity contribution < 1.29 is 95.3 Å². The maximum atomic E-state index is 13.4. The Hall–Kier alpha value is -8.89. The number of hydrogen-bond acceptors (Lipinski definition) is 22. The van der Waals surface area contributed by atoms with Crippen molar-refractivity contribution in [1.29, 1.82) is 0 Å². The molecule has 0 atom stereocenters. The normalized spacial score (nSPS) is 16.6. The van der Waals surface area contributed by atoms with E-state index in [0.717, 1.165) is 23.3 Å². The lowest BCUT2D eigenvalue weighted by Gasteiger charge is -2.26. The van der Waals surface area contributed by atoms with Gasteiger partial charge in [-0.25, -0.2) is 14.6 Å². The van der Waals surface area contributed by atoms with Crippen LogP contribution < -0.4 is 24.7 Å². The number of ether oxygens (including phenoxy) is 10. The smallest absolute Gasteiger partial charge is 0.330 e. The highest BCUT2D eigenvalue weighted by Gasteiger charge is 2.35. The van der Waals surface area contributed by atoms with E-state index in [1.807, 2.05) is 0 Å². The number of carbonyl (C=O) groups is 10. The summed E-state index contributed by atoms with van der Waals surface area (Å²) in [5.74, 6) is -6.57. The lowest BCUT2D eigenvalue weighted by atomic mass is 9.82. The number of aromatic nitrogens is 2. The number of imidazole rings is 1. The summed E-state index contributed by atoms with van der Waals surface area (Å²) in [5, 5.41) is 0. The average molecular weight is 1110 g/mol. The van der Waals surface area contributed by atoms with Crippen LogP contribution in [0.25, 0.3) is 11.0 Å². The number of H-pyrrole nitrogens is 1. The Balaban J connectivity index is 0.853. The SMILES string of the molecule is C=CC(=O)OCCOC(=O)CCC(=O)OCCc1ccc(OC(=O)C2CCC(C(=O)Oc3ccc(OC(=O)C4CCC(C(=O)Oc5ccc(CCOC(=O)CCC(=O)OCCOC(=O)C=C)cc5)CC4)c4[nH]c(N)nc34)CC2)cc1. The largest absolute Gasteiger partial charge is 0.465 e. The van der Waals surface area contributed by atoms with Crippen LogP contribution in [0.2, 0.25) is 0 Å². The molecule has 3 aromatic carbocycles. The number of nitrogens with two attached hydrogens (primary N) is 1. The van der Waals surface area contributed by atoms with Crippen molar-refractivity contribution in [2.45, 2.75) is 89.9 Å². The molecule has 0 radical (unpaired) electrons. The molecule has 2 fully saturated rings. The number of rotatable bonds is 28. The average Bonchev–Trinajstić information content (AvgIpc) is 3.87. The van der Waals surface area contributed by atoms with Crippen molar-refractivity contribution in [3.8, 4) is 23.0 Å². The van der Waals surface area contributed by atoms with E-state index in [-0.39, 0.29) is 93.8 Å². The summed E-state index contributed by atoms with van der Waals surface area (Å²) in [6, 6.07) is 16.4. The summed E-state index contributed by atoms with van der Waals surface area (Å²) in [4.78, 5) is 130. The number of nitrogens with zero attached hydrogens (tertiary/aromatic N) is 1. The van der Waals surface area contributed by atoms with E-state index in [1.165, 1.54) is 12.1 Å². The van der Waals surface area contributed by atoms with Gasteiger partial charge in [0, 0.05) is 25.0 Å². The first kappa shape index (κ1) is 60.3. The minimum Gasteiger partial charge on any atom is -0.465 e. The predicted octanol–water partition coefficient (Wildman–Crippen LogP) is 6.06. The third kappa shape index (κ3) is 19.5. The van der Waals surface area contributed by atoms with Crippen LogP contribution in [-0.4, -0.2) is 109 Å². The van der Waals surface area contributed by atoms with Crippen LogP contribution in [0.4, 0.5) is 5.95 Å². The molecule has 426 valence electrons. The third-order valence-corrected chi connectivity index (χ3v) is 13.0. The first-order valence-corrected chi connectivity index (χ1v) is 26.1. The molecule has 80 heavy (non-hydrogen) atoms. The molecular formula is C57H63N3O20. The number of carbonyl (C=O) groups excluding carboxylic acids is 10. The van der Waals surface area contributed by atoms with Crippen LogP contribution in [0.3, 0.4) is 0 Å². The summed E-state index contributed by atoms with van der Waals surface area (Å²) in [5.41, 5.74) is 8.08. The quantitative estimate of drug-likeness (QED) is 0.0215. The molecule has 0 amide bonds. The second kappa shape index (κ2) is 30.9. The molecule has 3 N–H and O–H groups in total. The molecule has 0 spiro atoms.